The van der Waals surface area contributed by atoms with E-state index >= 15 is 0 Å². The van der Waals surface area contributed by atoms with E-state index in [1.807, 2.05) is 0 Å². The van der Waals surface area contributed by atoms with Gasteiger partial charge in [0.1, 0.15) is 0 Å². The van der Waals surface area contributed by atoms with Gasteiger partial charge in [0.05, 0.1) is 13.2 Å². The highest BCUT2D eigenvalue weighted by Crippen LogP contribution is 2.39. The molecule has 0 aromatic heterocycles. The number of benzene rings is 1. The Morgan fingerprint density at radius 3 is 2.54 bits per heavy atom. The van der Waals surface area contributed by atoms with E-state index in [1.54, 1.807) is 0 Å². The molecule has 2 heterocycles. The van der Waals surface area contributed by atoms with Crippen LogP contribution in [0.15, 0.2) is 30.3 Å². The Kier molecular flexibility index (Phi) is 5.06. The van der Waals surface area contributed by atoms with Crippen LogP contribution in [0, 0.1) is 5.92 Å². The molecule has 1 saturated carbocycles. The first kappa shape index (κ1) is 16.4. The maximum atomic E-state index is 5.83. The normalized spacial score (nSPS) is 27.2. The Labute approximate surface area is 145 Å². The number of hydrogen-bond acceptors (Lipinski definition) is 4. The van der Waals surface area contributed by atoms with Gasteiger partial charge in [-0.05, 0) is 50.3 Å². The molecule has 4 nitrogen and oxygen atoms in total. The summed E-state index contributed by atoms with van der Waals surface area (Å²) in [6.45, 7) is 5.02. The van der Waals surface area contributed by atoms with Crippen LogP contribution in [-0.4, -0.2) is 44.7 Å². The van der Waals surface area contributed by atoms with Crippen molar-refractivity contribution in [1.82, 2.24) is 5.32 Å². The number of para-hydroxylation sites is 1. The molecule has 1 spiro atoms. The molecule has 3 aliphatic rings. The number of anilines is 1. The molecule has 132 valence electrons. The zero-order chi connectivity index (χ0) is 16.2. The number of rotatable bonds is 5. The molecule has 0 unspecified atom stereocenters. The third kappa shape index (κ3) is 3.76. The zero-order valence-corrected chi connectivity index (χ0v) is 14.6. The Bertz CT molecular complexity index is 506. The Balaban J connectivity index is 1.15. The highest BCUT2D eigenvalue weighted by Gasteiger charge is 2.40. The van der Waals surface area contributed by atoms with Crippen molar-refractivity contribution in [2.75, 3.05) is 37.7 Å². The monoisotopic (exact) mass is 330 g/mol. The van der Waals surface area contributed by atoms with E-state index in [1.165, 1.54) is 37.9 Å². The average Bonchev–Trinajstić information content (AvgIpc) is 3.28. The van der Waals surface area contributed by atoms with Crippen molar-refractivity contribution in [3.8, 4) is 0 Å². The minimum Gasteiger partial charge on any atom is -0.370 e. The molecule has 3 fully saturated rings. The summed E-state index contributed by atoms with van der Waals surface area (Å²) < 4.78 is 11.7. The van der Waals surface area contributed by atoms with E-state index in [0.717, 1.165) is 45.1 Å². The molecule has 1 aromatic carbocycles. The Morgan fingerprint density at radius 1 is 1.04 bits per heavy atom. The molecule has 2 saturated heterocycles. The van der Waals surface area contributed by atoms with Gasteiger partial charge in [0, 0.05) is 37.7 Å². The van der Waals surface area contributed by atoms with Crippen LogP contribution in [0.5, 0.6) is 0 Å². The molecule has 1 aliphatic carbocycles. The molecule has 0 radical (unpaired) electrons. The van der Waals surface area contributed by atoms with Crippen LogP contribution in [0.3, 0.4) is 0 Å². The summed E-state index contributed by atoms with van der Waals surface area (Å²) in [5.41, 5.74) is 1.36. The molecular formula is C20H30N2O2. The van der Waals surface area contributed by atoms with Crippen molar-refractivity contribution in [1.29, 1.82) is 0 Å². The van der Waals surface area contributed by atoms with E-state index < -0.39 is 0 Å². The van der Waals surface area contributed by atoms with Gasteiger partial charge >= 0.3 is 0 Å². The fourth-order valence-corrected chi connectivity index (χ4v) is 4.48. The topological polar surface area (TPSA) is 33.7 Å². The predicted molar refractivity (Wildman–Crippen MR) is 96.3 cm³/mol. The van der Waals surface area contributed by atoms with E-state index in [4.69, 9.17) is 9.47 Å². The van der Waals surface area contributed by atoms with E-state index in [-0.39, 0.29) is 5.79 Å². The van der Waals surface area contributed by atoms with Gasteiger partial charge in [-0.25, -0.2) is 0 Å². The first-order valence-corrected chi connectivity index (χ1v) is 9.64. The van der Waals surface area contributed by atoms with Gasteiger partial charge in [-0.3, -0.25) is 0 Å². The maximum Gasteiger partial charge on any atom is 0.168 e. The van der Waals surface area contributed by atoms with Crippen molar-refractivity contribution < 1.29 is 9.47 Å². The van der Waals surface area contributed by atoms with Gasteiger partial charge in [0.25, 0.3) is 0 Å². The molecule has 4 heteroatoms. The minimum atomic E-state index is -0.203. The summed E-state index contributed by atoms with van der Waals surface area (Å²) in [7, 11) is 0. The van der Waals surface area contributed by atoms with E-state index in [2.05, 4.69) is 40.5 Å². The molecule has 0 bridgehead atoms. The highest BCUT2D eigenvalue weighted by atomic mass is 16.7. The van der Waals surface area contributed by atoms with Crippen LogP contribution in [0.25, 0.3) is 0 Å². The van der Waals surface area contributed by atoms with E-state index in [0.29, 0.717) is 6.04 Å². The minimum absolute atomic E-state index is 0.203. The summed E-state index contributed by atoms with van der Waals surface area (Å²) in [5, 5.41) is 3.79. The summed E-state index contributed by atoms with van der Waals surface area (Å²) in [5.74, 6) is 0.633. The largest absolute Gasteiger partial charge is 0.370 e. The van der Waals surface area contributed by atoms with Crippen LogP contribution in [0.4, 0.5) is 5.69 Å². The van der Waals surface area contributed by atoms with Gasteiger partial charge in [-0.2, -0.15) is 0 Å². The van der Waals surface area contributed by atoms with Gasteiger partial charge in [-0.15, -0.1) is 0 Å². The van der Waals surface area contributed by atoms with Gasteiger partial charge in [0.2, 0.25) is 0 Å². The summed E-state index contributed by atoms with van der Waals surface area (Å²) >= 11 is 0. The van der Waals surface area contributed by atoms with E-state index in [9.17, 15) is 0 Å². The molecular weight excluding hydrogens is 300 g/mol. The lowest BCUT2D eigenvalue weighted by Crippen LogP contribution is -2.37. The quantitative estimate of drug-likeness (QED) is 0.899. The predicted octanol–water partition coefficient (Wildman–Crippen LogP) is 3.18. The fraction of sp³-hybridized carbons (Fsp3) is 0.700. The summed E-state index contributed by atoms with van der Waals surface area (Å²) in [4.78, 5) is 2.50. The van der Waals surface area contributed by atoms with Crippen molar-refractivity contribution in [2.45, 2.75) is 50.4 Å². The van der Waals surface area contributed by atoms with Crippen molar-refractivity contribution in [3.05, 3.63) is 30.3 Å². The van der Waals surface area contributed by atoms with Crippen molar-refractivity contribution >= 4 is 5.69 Å². The number of nitrogens with zero attached hydrogens (tertiary/aromatic N) is 1. The summed E-state index contributed by atoms with van der Waals surface area (Å²) in [6, 6.07) is 11.4. The molecule has 0 amide bonds. The Morgan fingerprint density at radius 2 is 1.79 bits per heavy atom. The summed E-state index contributed by atoms with van der Waals surface area (Å²) in [6.07, 6.45) is 7.22. The number of nitrogens with one attached hydrogen (secondary N) is 1. The molecule has 1 atom stereocenters. The molecule has 2 aliphatic heterocycles. The second kappa shape index (κ2) is 7.42. The first-order valence-electron chi connectivity index (χ1n) is 9.64. The van der Waals surface area contributed by atoms with Crippen LogP contribution < -0.4 is 10.2 Å². The van der Waals surface area contributed by atoms with Gasteiger partial charge < -0.3 is 19.7 Å². The first-order chi connectivity index (χ1) is 11.8. The van der Waals surface area contributed by atoms with Crippen LogP contribution in [0.1, 0.15) is 38.5 Å². The molecule has 1 aromatic rings. The van der Waals surface area contributed by atoms with Crippen LogP contribution >= 0.6 is 0 Å². The molecule has 4 rings (SSSR count). The fourth-order valence-electron chi connectivity index (χ4n) is 4.48. The SMILES string of the molecule is c1ccc(N2CC[C@@H](NCCC3CCC4(CC3)OCCO4)C2)cc1. The third-order valence-electron chi connectivity index (χ3n) is 5.98. The second-order valence-corrected chi connectivity index (χ2v) is 7.56. The highest BCUT2D eigenvalue weighted by molar-refractivity contribution is 5.47. The zero-order valence-electron chi connectivity index (χ0n) is 14.6. The van der Waals surface area contributed by atoms with Crippen molar-refractivity contribution in [3.63, 3.8) is 0 Å². The smallest absolute Gasteiger partial charge is 0.168 e. The second-order valence-electron chi connectivity index (χ2n) is 7.56. The maximum absolute atomic E-state index is 5.83. The lowest BCUT2D eigenvalue weighted by atomic mass is 9.83. The molecule has 1 N–H and O–H groups in total. The standard InChI is InChI=1S/C20H30N2O2/c1-2-4-19(5-3-1)22-13-9-18(16-22)21-12-8-17-6-10-20(11-7-17)23-14-15-24-20/h1-5,17-18,21H,6-16H2/t18-/m1/s1. The number of hydrogen-bond donors (Lipinski definition) is 1. The van der Waals surface area contributed by atoms with Gasteiger partial charge in [-0.1, -0.05) is 18.2 Å². The van der Waals surface area contributed by atoms with Crippen LogP contribution in [-0.2, 0) is 9.47 Å². The third-order valence-corrected chi connectivity index (χ3v) is 5.98. The lowest BCUT2D eigenvalue weighted by Gasteiger charge is -2.35. The van der Waals surface area contributed by atoms with Crippen LogP contribution in [0.2, 0.25) is 0 Å². The van der Waals surface area contributed by atoms with Gasteiger partial charge in [0.15, 0.2) is 5.79 Å². The Hall–Kier alpha value is -1.10. The lowest BCUT2D eigenvalue weighted by molar-refractivity contribution is -0.182. The average molecular weight is 330 g/mol. The molecule has 24 heavy (non-hydrogen) atoms. The number of ether oxygens (including phenoxy) is 2. The van der Waals surface area contributed by atoms with Crippen molar-refractivity contribution in [2.24, 2.45) is 5.92 Å².